The zero-order valence-corrected chi connectivity index (χ0v) is 16.1. The monoisotopic (exact) mass is 409 g/mol. The highest BCUT2D eigenvalue weighted by atomic mass is 32.2. The minimum absolute atomic E-state index is 0.0101. The van der Waals surface area contributed by atoms with Crippen LogP contribution in [0.3, 0.4) is 0 Å². The molecule has 10 heteroatoms. The molecule has 1 aliphatic heterocycles. The fraction of sp³-hybridized carbons (Fsp3) is 0.235. The van der Waals surface area contributed by atoms with Gasteiger partial charge in [0.05, 0.1) is 9.79 Å². The van der Waals surface area contributed by atoms with Crippen LogP contribution in [-0.2, 0) is 37.8 Å². The van der Waals surface area contributed by atoms with Gasteiger partial charge in [-0.25, -0.2) is 22.0 Å². The molecule has 0 radical (unpaired) electrons. The summed E-state index contributed by atoms with van der Waals surface area (Å²) in [5, 5.41) is 7.60. The van der Waals surface area contributed by atoms with E-state index in [0.717, 1.165) is 21.5 Å². The Labute approximate surface area is 158 Å². The predicted octanol–water partition coefficient (Wildman–Crippen LogP) is 0.196. The summed E-state index contributed by atoms with van der Waals surface area (Å²) in [7, 11) is -6.76. The van der Waals surface area contributed by atoms with E-state index in [0.29, 0.717) is 0 Å². The Morgan fingerprint density at radius 3 is 2.30 bits per heavy atom. The molecule has 0 fully saturated rings. The zero-order chi connectivity index (χ0) is 19.8. The lowest BCUT2D eigenvalue weighted by molar-refractivity contribution is -0.124. The first kappa shape index (κ1) is 19.5. The number of hydrogen-bond donors (Lipinski definition) is 2. The Kier molecular flexibility index (Phi) is 5.08. The van der Waals surface area contributed by atoms with E-state index in [9.17, 15) is 21.6 Å². The van der Waals surface area contributed by atoms with Crippen molar-refractivity contribution >= 4 is 26.0 Å². The van der Waals surface area contributed by atoms with Crippen LogP contribution in [0.1, 0.15) is 11.1 Å². The summed E-state index contributed by atoms with van der Waals surface area (Å²) in [6, 6.07) is 11.2. The van der Waals surface area contributed by atoms with Crippen LogP contribution in [0.15, 0.2) is 58.3 Å². The van der Waals surface area contributed by atoms with Crippen LogP contribution in [0.2, 0.25) is 0 Å². The van der Waals surface area contributed by atoms with Crippen LogP contribution in [0.5, 0.6) is 0 Å². The first-order valence-corrected chi connectivity index (χ1v) is 11.1. The molecule has 1 amide bonds. The van der Waals surface area contributed by atoms with E-state index in [1.54, 1.807) is 12.1 Å². The van der Waals surface area contributed by atoms with Crippen LogP contribution < -0.4 is 10.5 Å². The van der Waals surface area contributed by atoms with E-state index < -0.39 is 32.0 Å². The molecule has 0 aliphatic carbocycles. The lowest BCUT2D eigenvalue weighted by Crippen LogP contribution is -2.51. The predicted molar refractivity (Wildman–Crippen MR) is 98.5 cm³/mol. The van der Waals surface area contributed by atoms with Gasteiger partial charge in [0, 0.05) is 13.6 Å². The summed E-state index contributed by atoms with van der Waals surface area (Å²) in [6.07, 6.45) is 0.226. The summed E-state index contributed by atoms with van der Waals surface area (Å²) >= 11 is 0. The largest absolute Gasteiger partial charge is 0.358 e. The number of rotatable bonds is 4. The Bertz CT molecular complexity index is 1100. The van der Waals surface area contributed by atoms with Gasteiger partial charge in [-0.15, -0.1) is 0 Å². The highest BCUT2D eigenvalue weighted by Gasteiger charge is 2.39. The smallest absolute Gasteiger partial charge is 0.244 e. The van der Waals surface area contributed by atoms with Crippen LogP contribution in [0.25, 0.3) is 0 Å². The van der Waals surface area contributed by atoms with Gasteiger partial charge in [-0.05, 0) is 35.7 Å². The van der Waals surface area contributed by atoms with Gasteiger partial charge >= 0.3 is 0 Å². The van der Waals surface area contributed by atoms with Crippen molar-refractivity contribution in [3.63, 3.8) is 0 Å². The maximum absolute atomic E-state index is 13.2. The molecule has 1 atom stereocenters. The summed E-state index contributed by atoms with van der Waals surface area (Å²) in [5.41, 5.74) is 1.69. The molecule has 0 saturated carbocycles. The Hall–Kier alpha value is -2.27. The summed E-state index contributed by atoms with van der Waals surface area (Å²) in [4.78, 5) is 11.8. The number of nitrogens with two attached hydrogens (primary N) is 1. The van der Waals surface area contributed by atoms with Gasteiger partial charge in [0.25, 0.3) is 0 Å². The van der Waals surface area contributed by atoms with Crippen molar-refractivity contribution in [3.8, 4) is 0 Å². The van der Waals surface area contributed by atoms with Gasteiger partial charge in [-0.1, -0.05) is 30.3 Å². The van der Waals surface area contributed by atoms with Crippen molar-refractivity contribution < 1.29 is 21.6 Å². The van der Waals surface area contributed by atoms with Crippen molar-refractivity contribution in [2.24, 2.45) is 5.14 Å². The number of carbonyl (C=O) groups is 1. The first-order valence-electron chi connectivity index (χ1n) is 8.07. The topological polar surface area (TPSA) is 127 Å². The second-order valence-electron chi connectivity index (χ2n) is 6.17. The number of primary sulfonamides is 1. The van der Waals surface area contributed by atoms with Crippen molar-refractivity contribution in [1.82, 2.24) is 9.62 Å². The Balaban J connectivity index is 2.10. The molecule has 0 saturated heterocycles. The number of fused-ring (bicyclic) bond motifs is 1. The molecule has 27 heavy (non-hydrogen) atoms. The summed E-state index contributed by atoms with van der Waals surface area (Å²) < 4.78 is 50.7. The first-order chi connectivity index (χ1) is 12.6. The molecule has 2 aromatic rings. The van der Waals surface area contributed by atoms with Gasteiger partial charge in [-0.2, -0.15) is 4.31 Å². The van der Waals surface area contributed by atoms with Crippen LogP contribution in [0, 0.1) is 0 Å². The van der Waals surface area contributed by atoms with Crippen LogP contribution in [-0.4, -0.2) is 40.1 Å². The van der Waals surface area contributed by atoms with Crippen molar-refractivity contribution in [1.29, 1.82) is 0 Å². The third-order valence-electron chi connectivity index (χ3n) is 4.50. The van der Waals surface area contributed by atoms with Crippen molar-refractivity contribution in [2.45, 2.75) is 28.8 Å². The minimum atomic E-state index is -4.14. The second kappa shape index (κ2) is 7.04. The lowest BCUT2D eigenvalue weighted by Gasteiger charge is -2.34. The molecule has 144 valence electrons. The molecular weight excluding hydrogens is 390 g/mol. The molecular formula is C17H19N3O5S2. The molecule has 1 aliphatic rings. The number of sulfonamides is 2. The number of likely N-dealkylation sites (N-methyl/N-ethyl adjacent to an activating group) is 1. The van der Waals surface area contributed by atoms with E-state index >= 15 is 0 Å². The zero-order valence-electron chi connectivity index (χ0n) is 14.5. The van der Waals surface area contributed by atoms with Gasteiger partial charge in [0.2, 0.25) is 26.0 Å². The number of nitrogens with one attached hydrogen (secondary N) is 1. The molecule has 0 aromatic heterocycles. The average Bonchev–Trinajstić information content (AvgIpc) is 2.65. The fourth-order valence-electron chi connectivity index (χ4n) is 3.09. The fourth-order valence-corrected chi connectivity index (χ4v) is 5.33. The standard InChI is InChI=1S/C17H19N3O5S2/c1-19-17(21)16-9-12-5-2-3-6-13(12)11-20(16)27(24,25)15-8-4-7-14(10-15)26(18,22)23/h2-8,10,16H,9,11H2,1H3,(H,19,21)(H2,18,22,23). The number of amides is 1. The third-order valence-corrected chi connectivity index (χ3v) is 7.26. The average molecular weight is 409 g/mol. The number of benzene rings is 2. The van der Waals surface area contributed by atoms with E-state index in [1.807, 2.05) is 12.1 Å². The Morgan fingerprint density at radius 2 is 1.67 bits per heavy atom. The van der Waals surface area contributed by atoms with Crippen LogP contribution >= 0.6 is 0 Å². The third kappa shape index (κ3) is 3.74. The normalized spacial score (nSPS) is 17.9. The van der Waals surface area contributed by atoms with E-state index in [2.05, 4.69) is 5.32 Å². The molecule has 1 heterocycles. The SMILES string of the molecule is CNC(=O)C1Cc2ccccc2CN1S(=O)(=O)c1cccc(S(N)(=O)=O)c1. The number of hydrogen-bond acceptors (Lipinski definition) is 5. The number of carbonyl (C=O) groups excluding carboxylic acids is 1. The maximum atomic E-state index is 13.2. The maximum Gasteiger partial charge on any atom is 0.244 e. The molecule has 0 spiro atoms. The summed E-state index contributed by atoms with van der Waals surface area (Å²) in [6.45, 7) is 0.0101. The van der Waals surface area contributed by atoms with E-state index in [1.165, 1.54) is 25.2 Å². The molecule has 8 nitrogen and oxygen atoms in total. The van der Waals surface area contributed by atoms with E-state index in [4.69, 9.17) is 5.14 Å². The molecule has 0 bridgehead atoms. The van der Waals surface area contributed by atoms with Crippen LogP contribution in [0.4, 0.5) is 0 Å². The minimum Gasteiger partial charge on any atom is -0.358 e. The van der Waals surface area contributed by atoms with Crippen molar-refractivity contribution in [3.05, 3.63) is 59.7 Å². The van der Waals surface area contributed by atoms with Gasteiger partial charge in [-0.3, -0.25) is 4.79 Å². The van der Waals surface area contributed by atoms with Gasteiger partial charge in [0.1, 0.15) is 6.04 Å². The van der Waals surface area contributed by atoms with Crippen molar-refractivity contribution in [2.75, 3.05) is 7.05 Å². The molecule has 1 unspecified atom stereocenters. The quantitative estimate of drug-likeness (QED) is 0.746. The summed E-state index contributed by atoms with van der Waals surface area (Å²) in [5.74, 6) is -0.435. The highest BCUT2D eigenvalue weighted by molar-refractivity contribution is 7.90. The Morgan fingerprint density at radius 1 is 1.04 bits per heavy atom. The van der Waals surface area contributed by atoms with Gasteiger partial charge in [0.15, 0.2) is 0 Å². The number of nitrogens with zero attached hydrogens (tertiary/aromatic N) is 1. The molecule has 3 N–H and O–H groups in total. The molecule has 3 rings (SSSR count). The molecule has 2 aromatic carbocycles. The van der Waals surface area contributed by atoms with E-state index in [-0.39, 0.29) is 22.8 Å². The van der Waals surface area contributed by atoms with Gasteiger partial charge < -0.3 is 5.32 Å². The highest BCUT2D eigenvalue weighted by Crippen LogP contribution is 2.29. The second-order valence-corrected chi connectivity index (χ2v) is 9.62. The lowest BCUT2D eigenvalue weighted by atomic mass is 9.95.